The predicted octanol–water partition coefficient (Wildman–Crippen LogP) is 3.30. The van der Waals surface area contributed by atoms with Crippen LogP contribution in [0.4, 0.5) is 0 Å². The van der Waals surface area contributed by atoms with Crippen molar-refractivity contribution in [1.82, 2.24) is 0 Å². The lowest BCUT2D eigenvalue weighted by molar-refractivity contribution is -0.136. The maximum Gasteiger partial charge on any atom is 0.311 e. The number of hydrogen-bond donors (Lipinski definition) is 0. The number of rotatable bonds is 4. The first-order valence-electron chi connectivity index (χ1n) is 7.48. The zero-order valence-corrected chi connectivity index (χ0v) is 12.2. The standard InChI is InChI=1S/C17H19NO3/c1-20-16-8-12(10-18)3-5-15(16)21-17(19)9-14-7-11-2-4-13(14)6-11/h3,5,8,11,13-14H,2,4,6-7,9H2,1H3/t11-,13+,14-/m1/s1. The van der Waals surface area contributed by atoms with Gasteiger partial charge in [-0.3, -0.25) is 4.79 Å². The fraction of sp³-hybridized carbons (Fsp3) is 0.529. The van der Waals surface area contributed by atoms with Crippen LogP contribution in [0.25, 0.3) is 0 Å². The Morgan fingerprint density at radius 1 is 1.33 bits per heavy atom. The first kappa shape index (κ1) is 13.9. The third-order valence-electron chi connectivity index (χ3n) is 4.83. The van der Waals surface area contributed by atoms with Gasteiger partial charge >= 0.3 is 5.97 Å². The summed E-state index contributed by atoms with van der Waals surface area (Å²) in [6.45, 7) is 0. The molecule has 1 aromatic carbocycles. The molecule has 2 saturated carbocycles. The van der Waals surface area contributed by atoms with Gasteiger partial charge in [-0.15, -0.1) is 0 Å². The summed E-state index contributed by atoms with van der Waals surface area (Å²) < 4.78 is 10.6. The second-order valence-corrected chi connectivity index (χ2v) is 6.09. The minimum absolute atomic E-state index is 0.199. The van der Waals surface area contributed by atoms with Crippen molar-refractivity contribution in [2.24, 2.45) is 17.8 Å². The Morgan fingerprint density at radius 3 is 2.81 bits per heavy atom. The third kappa shape index (κ3) is 2.87. The summed E-state index contributed by atoms with van der Waals surface area (Å²) >= 11 is 0. The summed E-state index contributed by atoms with van der Waals surface area (Å²) in [5.74, 6) is 2.65. The second-order valence-electron chi connectivity index (χ2n) is 6.09. The van der Waals surface area contributed by atoms with E-state index in [9.17, 15) is 4.79 Å². The van der Waals surface area contributed by atoms with Crippen molar-refractivity contribution >= 4 is 5.97 Å². The maximum atomic E-state index is 12.1. The van der Waals surface area contributed by atoms with Gasteiger partial charge in [0.2, 0.25) is 0 Å². The molecule has 0 spiro atoms. The summed E-state index contributed by atoms with van der Waals surface area (Å²) in [6.07, 6.45) is 5.55. The highest BCUT2D eigenvalue weighted by Gasteiger charge is 2.40. The summed E-state index contributed by atoms with van der Waals surface area (Å²) in [5, 5.41) is 8.87. The number of nitrogens with zero attached hydrogens (tertiary/aromatic N) is 1. The Morgan fingerprint density at radius 2 is 2.19 bits per heavy atom. The Labute approximate surface area is 124 Å². The van der Waals surface area contributed by atoms with Crippen LogP contribution in [-0.2, 0) is 4.79 Å². The van der Waals surface area contributed by atoms with Gasteiger partial charge in [0.1, 0.15) is 0 Å². The number of fused-ring (bicyclic) bond motifs is 2. The van der Waals surface area contributed by atoms with Gasteiger partial charge in [0.15, 0.2) is 11.5 Å². The maximum absolute atomic E-state index is 12.1. The molecule has 2 bridgehead atoms. The molecule has 2 fully saturated rings. The number of nitriles is 1. The normalized spacial score (nSPS) is 26.4. The van der Waals surface area contributed by atoms with E-state index in [1.807, 2.05) is 6.07 Å². The average Bonchev–Trinajstić information content (AvgIpc) is 3.10. The average molecular weight is 285 g/mol. The van der Waals surface area contributed by atoms with Crippen molar-refractivity contribution in [2.75, 3.05) is 7.11 Å². The van der Waals surface area contributed by atoms with Gasteiger partial charge in [-0.25, -0.2) is 0 Å². The topological polar surface area (TPSA) is 59.3 Å². The zero-order chi connectivity index (χ0) is 14.8. The summed E-state index contributed by atoms with van der Waals surface area (Å²) in [5.41, 5.74) is 0.486. The molecule has 3 rings (SSSR count). The van der Waals surface area contributed by atoms with Gasteiger partial charge in [0.25, 0.3) is 0 Å². The lowest BCUT2D eigenvalue weighted by atomic mass is 9.86. The summed E-state index contributed by atoms with van der Waals surface area (Å²) in [4.78, 5) is 12.1. The molecular weight excluding hydrogens is 266 g/mol. The first-order valence-corrected chi connectivity index (χ1v) is 7.48. The first-order chi connectivity index (χ1) is 10.2. The number of benzene rings is 1. The zero-order valence-electron chi connectivity index (χ0n) is 12.2. The molecule has 0 unspecified atom stereocenters. The van der Waals surface area contributed by atoms with Crippen molar-refractivity contribution in [3.8, 4) is 17.6 Å². The molecule has 0 saturated heterocycles. The van der Waals surface area contributed by atoms with Crippen LogP contribution in [0, 0.1) is 29.1 Å². The van der Waals surface area contributed by atoms with Gasteiger partial charge in [0.05, 0.1) is 18.7 Å². The van der Waals surface area contributed by atoms with Gasteiger partial charge in [-0.05, 0) is 49.1 Å². The van der Waals surface area contributed by atoms with Gasteiger partial charge in [-0.1, -0.05) is 6.42 Å². The molecule has 0 N–H and O–H groups in total. The fourth-order valence-electron chi connectivity index (χ4n) is 3.83. The molecule has 0 aromatic heterocycles. The summed E-state index contributed by atoms with van der Waals surface area (Å²) in [7, 11) is 1.50. The second kappa shape index (κ2) is 5.77. The molecule has 0 heterocycles. The van der Waals surface area contributed by atoms with E-state index in [-0.39, 0.29) is 5.97 Å². The third-order valence-corrected chi connectivity index (χ3v) is 4.83. The van der Waals surface area contributed by atoms with Crippen LogP contribution in [0.1, 0.15) is 37.7 Å². The number of carbonyl (C=O) groups excluding carboxylic acids is 1. The monoisotopic (exact) mass is 285 g/mol. The molecule has 4 nitrogen and oxygen atoms in total. The van der Waals surface area contributed by atoms with Crippen LogP contribution in [0.15, 0.2) is 18.2 Å². The van der Waals surface area contributed by atoms with Crippen LogP contribution in [0.5, 0.6) is 11.5 Å². The van der Waals surface area contributed by atoms with Crippen molar-refractivity contribution in [1.29, 1.82) is 5.26 Å². The van der Waals surface area contributed by atoms with Gasteiger partial charge in [0, 0.05) is 12.5 Å². The van der Waals surface area contributed by atoms with E-state index < -0.39 is 0 Å². The van der Waals surface area contributed by atoms with E-state index in [0.717, 1.165) is 5.92 Å². The quantitative estimate of drug-likeness (QED) is 0.629. The number of ether oxygens (including phenoxy) is 2. The van der Waals surface area contributed by atoms with E-state index in [2.05, 4.69) is 0 Å². The Kier molecular flexibility index (Phi) is 3.83. The molecule has 2 aliphatic carbocycles. The van der Waals surface area contributed by atoms with Crippen molar-refractivity contribution in [3.05, 3.63) is 23.8 Å². The Balaban J connectivity index is 1.63. The molecule has 1 aromatic rings. The van der Waals surface area contributed by atoms with E-state index in [0.29, 0.717) is 35.3 Å². The molecular formula is C17H19NO3. The van der Waals surface area contributed by atoms with E-state index in [1.165, 1.54) is 32.8 Å². The van der Waals surface area contributed by atoms with Crippen LogP contribution in [0.2, 0.25) is 0 Å². The number of hydrogen-bond acceptors (Lipinski definition) is 4. The molecule has 0 amide bonds. The Bertz CT molecular complexity index is 590. The molecule has 0 radical (unpaired) electrons. The van der Waals surface area contributed by atoms with Gasteiger partial charge in [-0.2, -0.15) is 5.26 Å². The predicted molar refractivity (Wildman–Crippen MR) is 76.9 cm³/mol. The highest BCUT2D eigenvalue weighted by atomic mass is 16.6. The highest BCUT2D eigenvalue weighted by molar-refractivity contribution is 5.73. The van der Waals surface area contributed by atoms with Crippen molar-refractivity contribution < 1.29 is 14.3 Å². The SMILES string of the molecule is COc1cc(C#N)ccc1OC(=O)C[C@H]1C[C@@H]2CC[C@H]1C2. The molecule has 4 heteroatoms. The number of methoxy groups -OCH3 is 1. The largest absolute Gasteiger partial charge is 0.493 e. The highest BCUT2D eigenvalue weighted by Crippen LogP contribution is 2.49. The number of carbonyl (C=O) groups is 1. The van der Waals surface area contributed by atoms with Crippen LogP contribution >= 0.6 is 0 Å². The molecule has 0 aliphatic heterocycles. The van der Waals surface area contributed by atoms with Crippen LogP contribution < -0.4 is 9.47 Å². The number of esters is 1. The Hall–Kier alpha value is -2.02. The fourth-order valence-corrected chi connectivity index (χ4v) is 3.83. The molecule has 2 aliphatic rings. The molecule has 3 atom stereocenters. The van der Waals surface area contributed by atoms with Crippen molar-refractivity contribution in [2.45, 2.75) is 32.1 Å². The minimum atomic E-state index is -0.199. The molecule has 110 valence electrons. The molecule has 21 heavy (non-hydrogen) atoms. The summed E-state index contributed by atoms with van der Waals surface area (Å²) in [6, 6.07) is 6.87. The lowest BCUT2D eigenvalue weighted by Gasteiger charge is -2.20. The minimum Gasteiger partial charge on any atom is -0.493 e. The van der Waals surface area contributed by atoms with Gasteiger partial charge < -0.3 is 9.47 Å². The smallest absolute Gasteiger partial charge is 0.311 e. The lowest BCUT2D eigenvalue weighted by Crippen LogP contribution is -2.18. The van der Waals surface area contributed by atoms with E-state index >= 15 is 0 Å². The van der Waals surface area contributed by atoms with Crippen LogP contribution in [-0.4, -0.2) is 13.1 Å². The van der Waals surface area contributed by atoms with E-state index in [1.54, 1.807) is 18.2 Å². The van der Waals surface area contributed by atoms with Crippen LogP contribution in [0.3, 0.4) is 0 Å². The van der Waals surface area contributed by atoms with Crippen molar-refractivity contribution in [3.63, 3.8) is 0 Å². The van der Waals surface area contributed by atoms with E-state index in [4.69, 9.17) is 14.7 Å².